The molecule has 1 aliphatic carbocycles. The van der Waals surface area contributed by atoms with E-state index in [2.05, 4.69) is 26.9 Å². The van der Waals surface area contributed by atoms with Crippen molar-refractivity contribution in [2.24, 2.45) is 5.41 Å². The molecule has 4 rings (SSSR count). The highest BCUT2D eigenvalue weighted by Crippen LogP contribution is 2.56. The molecular weight excluding hydrogens is 346 g/mol. The van der Waals surface area contributed by atoms with Crippen LogP contribution < -0.4 is 5.32 Å². The molecule has 8 nitrogen and oxygen atoms in total. The Labute approximate surface area is 158 Å². The summed E-state index contributed by atoms with van der Waals surface area (Å²) in [7, 11) is 1.59. The maximum atomic E-state index is 13.3. The summed E-state index contributed by atoms with van der Waals surface area (Å²) in [5.41, 5.74) is 0.580. The predicted molar refractivity (Wildman–Crippen MR) is 97.9 cm³/mol. The van der Waals surface area contributed by atoms with Gasteiger partial charge in [-0.3, -0.25) is 4.79 Å². The van der Waals surface area contributed by atoms with Gasteiger partial charge in [-0.2, -0.15) is 0 Å². The van der Waals surface area contributed by atoms with Crippen LogP contribution in [0, 0.1) is 5.41 Å². The van der Waals surface area contributed by atoms with Crippen LogP contribution in [0.1, 0.15) is 48.3 Å². The molecule has 2 aromatic rings. The predicted octanol–water partition coefficient (Wildman–Crippen LogP) is 1.82. The molecule has 2 aliphatic rings. The van der Waals surface area contributed by atoms with Crippen molar-refractivity contribution in [3.63, 3.8) is 0 Å². The van der Waals surface area contributed by atoms with Crippen molar-refractivity contribution >= 4 is 5.91 Å². The number of piperidine rings is 1. The Bertz CT molecular complexity index is 793. The second kappa shape index (κ2) is 7.44. The first-order valence-corrected chi connectivity index (χ1v) is 9.63. The largest absolute Gasteiger partial charge is 0.377 e. The number of hydrogen-bond acceptors (Lipinski definition) is 6. The van der Waals surface area contributed by atoms with E-state index >= 15 is 0 Å². The van der Waals surface area contributed by atoms with Crippen LogP contribution in [0.2, 0.25) is 0 Å². The molecule has 2 fully saturated rings. The first kappa shape index (κ1) is 18.2. The normalized spacial score (nSPS) is 20.7. The average molecular weight is 373 g/mol. The minimum absolute atomic E-state index is 0.0906. The van der Waals surface area contributed by atoms with Crippen molar-refractivity contribution in [1.29, 1.82) is 0 Å². The van der Waals surface area contributed by atoms with E-state index in [1.54, 1.807) is 19.4 Å². The summed E-state index contributed by atoms with van der Waals surface area (Å²) < 4.78 is 12.4. The third-order valence-electron chi connectivity index (χ3n) is 5.90. The standard InChI is InChI=1S/C19H27N5O3/c1-3-23-9-8-21-17(23)12-24(16-11-19(16)4-6-20-7-5-19)18(25)15-10-14(13-26-2)27-22-15/h8-10,16,20H,3-7,11-13H2,1-2H3/t16-/m0/s1. The lowest BCUT2D eigenvalue weighted by Gasteiger charge is -2.29. The van der Waals surface area contributed by atoms with Crippen LogP contribution in [0.5, 0.6) is 0 Å². The van der Waals surface area contributed by atoms with Gasteiger partial charge in [0.25, 0.3) is 5.91 Å². The molecule has 3 heterocycles. The summed E-state index contributed by atoms with van der Waals surface area (Å²) in [4.78, 5) is 19.7. The highest BCUT2D eigenvalue weighted by molar-refractivity contribution is 5.92. The molecule has 0 aromatic carbocycles. The molecule has 1 spiro atoms. The fraction of sp³-hybridized carbons (Fsp3) is 0.632. The fourth-order valence-electron chi connectivity index (χ4n) is 4.26. The monoisotopic (exact) mass is 373 g/mol. The van der Waals surface area contributed by atoms with Gasteiger partial charge in [0, 0.05) is 38.2 Å². The van der Waals surface area contributed by atoms with Gasteiger partial charge in [-0.25, -0.2) is 4.98 Å². The van der Waals surface area contributed by atoms with Gasteiger partial charge in [0.2, 0.25) is 0 Å². The van der Waals surface area contributed by atoms with Gasteiger partial charge in [-0.15, -0.1) is 0 Å². The summed E-state index contributed by atoms with van der Waals surface area (Å²) >= 11 is 0. The second-order valence-electron chi connectivity index (χ2n) is 7.51. The zero-order valence-corrected chi connectivity index (χ0v) is 16.0. The molecular formula is C19H27N5O3. The molecule has 1 amide bonds. The molecule has 146 valence electrons. The van der Waals surface area contributed by atoms with Gasteiger partial charge in [-0.1, -0.05) is 5.16 Å². The summed E-state index contributed by atoms with van der Waals surface area (Å²) in [6.45, 7) is 5.75. The van der Waals surface area contributed by atoms with E-state index in [9.17, 15) is 4.79 Å². The van der Waals surface area contributed by atoms with Crippen molar-refractivity contribution in [1.82, 2.24) is 24.9 Å². The van der Waals surface area contributed by atoms with Crippen molar-refractivity contribution in [3.8, 4) is 0 Å². The van der Waals surface area contributed by atoms with E-state index in [0.717, 1.165) is 44.7 Å². The summed E-state index contributed by atoms with van der Waals surface area (Å²) in [6.07, 6.45) is 7.02. The molecule has 27 heavy (non-hydrogen) atoms. The van der Waals surface area contributed by atoms with Crippen LogP contribution >= 0.6 is 0 Å². The van der Waals surface area contributed by atoms with E-state index in [1.807, 2.05) is 11.1 Å². The number of hydrogen-bond donors (Lipinski definition) is 1. The minimum Gasteiger partial charge on any atom is -0.377 e. The van der Waals surface area contributed by atoms with Gasteiger partial charge in [-0.05, 0) is 44.7 Å². The molecule has 1 atom stereocenters. The molecule has 1 saturated carbocycles. The summed E-state index contributed by atoms with van der Waals surface area (Å²) in [5.74, 6) is 1.37. The van der Waals surface area contributed by atoms with E-state index < -0.39 is 0 Å². The fourth-order valence-corrected chi connectivity index (χ4v) is 4.26. The highest BCUT2D eigenvalue weighted by Gasteiger charge is 2.58. The maximum absolute atomic E-state index is 13.3. The first-order chi connectivity index (χ1) is 13.2. The van der Waals surface area contributed by atoms with Crippen molar-refractivity contribution < 1.29 is 14.1 Å². The van der Waals surface area contributed by atoms with Gasteiger partial charge in [0.15, 0.2) is 11.5 Å². The van der Waals surface area contributed by atoms with Gasteiger partial charge < -0.3 is 24.0 Å². The number of rotatable bonds is 7. The number of aryl methyl sites for hydroxylation is 1. The van der Waals surface area contributed by atoms with E-state index in [-0.39, 0.29) is 17.4 Å². The van der Waals surface area contributed by atoms with Gasteiger partial charge in [0.1, 0.15) is 12.4 Å². The van der Waals surface area contributed by atoms with E-state index in [0.29, 0.717) is 24.6 Å². The Morgan fingerprint density at radius 3 is 3.04 bits per heavy atom. The van der Waals surface area contributed by atoms with Crippen molar-refractivity contribution in [2.45, 2.75) is 51.9 Å². The molecule has 1 aliphatic heterocycles. The van der Waals surface area contributed by atoms with Crippen LogP contribution in [0.25, 0.3) is 0 Å². The van der Waals surface area contributed by atoms with Crippen molar-refractivity contribution in [3.05, 3.63) is 35.7 Å². The third-order valence-corrected chi connectivity index (χ3v) is 5.90. The molecule has 2 aromatic heterocycles. The lowest BCUT2D eigenvalue weighted by Crippen LogP contribution is -2.39. The van der Waals surface area contributed by atoms with Crippen LogP contribution in [0.15, 0.2) is 23.0 Å². The number of imidazole rings is 1. The first-order valence-electron chi connectivity index (χ1n) is 9.63. The molecule has 1 saturated heterocycles. The maximum Gasteiger partial charge on any atom is 0.276 e. The number of nitrogens with zero attached hydrogens (tertiary/aromatic N) is 4. The number of carbonyl (C=O) groups excluding carboxylic acids is 1. The van der Waals surface area contributed by atoms with Crippen LogP contribution in [0.4, 0.5) is 0 Å². The average Bonchev–Trinajstić information content (AvgIpc) is 3.06. The third kappa shape index (κ3) is 3.51. The topological polar surface area (TPSA) is 85.4 Å². The molecule has 0 unspecified atom stereocenters. The summed E-state index contributed by atoms with van der Waals surface area (Å²) in [6, 6.07) is 1.92. The number of methoxy groups -OCH3 is 1. The van der Waals surface area contributed by atoms with Crippen LogP contribution in [-0.4, -0.2) is 51.8 Å². The van der Waals surface area contributed by atoms with Gasteiger partial charge >= 0.3 is 0 Å². The summed E-state index contributed by atoms with van der Waals surface area (Å²) in [5, 5.41) is 7.41. The van der Waals surface area contributed by atoms with Crippen LogP contribution in [-0.2, 0) is 24.4 Å². The number of ether oxygens (including phenoxy) is 1. The zero-order chi connectivity index (χ0) is 18.9. The zero-order valence-electron chi connectivity index (χ0n) is 16.0. The van der Waals surface area contributed by atoms with E-state index in [1.165, 1.54) is 0 Å². The number of carbonyl (C=O) groups is 1. The number of aromatic nitrogens is 3. The minimum atomic E-state index is -0.0906. The van der Waals surface area contributed by atoms with E-state index in [4.69, 9.17) is 9.26 Å². The Hall–Kier alpha value is -2.19. The molecule has 8 heteroatoms. The second-order valence-corrected chi connectivity index (χ2v) is 7.51. The Kier molecular flexibility index (Phi) is 5.01. The lowest BCUT2D eigenvalue weighted by atomic mass is 9.93. The SMILES string of the molecule is CCn1ccnc1CN(C(=O)c1cc(COC)on1)[C@H]1CC12CCNCC2. The smallest absolute Gasteiger partial charge is 0.276 e. The van der Waals surface area contributed by atoms with Gasteiger partial charge in [0.05, 0.1) is 6.54 Å². The Balaban J connectivity index is 1.58. The molecule has 1 N–H and O–H groups in total. The highest BCUT2D eigenvalue weighted by atomic mass is 16.5. The number of amides is 1. The Morgan fingerprint density at radius 1 is 1.48 bits per heavy atom. The van der Waals surface area contributed by atoms with Crippen molar-refractivity contribution in [2.75, 3.05) is 20.2 Å². The quantitative estimate of drug-likeness (QED) is 0.797. The lowest BCUT2D eigenvalue weighted by molar-refractivity contribution is 0.0674. The van der Waals surface area contributed by atoms with Crippen LogP contribution in [0.3, 0.4) is 0 Å². The molecule has 0 radical (unpaired) electrons. The number of nitrogens with one attached hydrogen (secondary N) is 1. The molecule has 0 bridgehead atoms. The Morgan fingerprint density at radius 2 is 2.30 bits per heavy atom.